The smallest absolute Gasteiger partial charge is 0.0603 e. The topological polar surface area (TPSA) is 34.6 Å². The highest BCUT2D eigenvalue weighted by Gasteiger charge is 1.96. The standard InChI is InChI=1S/C36H62N4.ClH/c1-3-5-7-9-15-19-27-37-35-23-31-39(32-24-35)29-21-17-13-11-12-14-18-22-30-40-33-25-36(26-34-40)38-28-20-16-10-8-6-4-2;/h23-26,31-34H,3-22,27-30H2,1-2H3;1H. The van der Waals surface area contributed by atoms with Crippen LogP contribution in [-0.2, 0) is 13.1 Å². The SMILES string of the molecule is CCCCCCCCN=c1ccn(CCCCCCCCCCn2ccc(=NCCCCCCCC)cc2)cc1.Cl. The third kappa shape index (κ3) is 20.7. The van der Waals surface area contributed by atoms with Crippen molar-refractivity contribution in [3.05, 3.63) is 59.8 Å². The lowest BCUT2D eigenvalue weighted by Gasteiger charge is -2.07. The van der Waals surface area contributed by atoms with Gasteiger partial charge in [-0.3, -0.25) is 9.98 Å². The molecule has 41 heavy (non-hydrogen) atoms. The average Bonchev–Trinajstić information content (AvgIpc) is 2.98. The van der Waals surface area contributed by atoms with Crippen LogP contribution >= 0.6 is 12.4 Å². The molecule has 0 fully saturated rings. The number of hydrogen-bond acceptors (Lipinski definition) is 2. The predicted molar refractivity (Wildman–Crippen MR) is 181 cm³/mol. The normalized spacial score (nSPS) is 10.9. The highest BCUT2D eigenvalue weighted by atomic mass is 35.5. The number of pyridine rings is 2. The molecular formula is C36H63ClN4. The van der Waals surface area contributed by atoms with Crippen molar-refractivity contribution in [1.29, 1.82) is 0 Å². The summed E-state index contributed by atoms with van der Waals surface area (Å²) in [7, 11) is 0. The van der Waals surface area contributed by atoms with E-state index in [-0.39, 0.29) is 12.4 Å². The Kier molecular flexibility index (Phi) is 24.6. The second-order valence-corrected chi connectivity index (χ2v) is 11.7. The summed E-state index contributed by atoms with van der Waals surface area (Å²) >= 11 is 0. The molecule has 0 aliphatic heterocycles. The molecule has 2 rings (SSSR count). The van der Waals surface area contributed by atoms with Crippen LogP contribution < -0.4 is 10.7 Å². The molecule has 0 unspecified atom stereocenters. The Hall–Kier alpha value is -1.81. The van der Waals surface area contributed by atoms with E-state index in [9.17, 15) is 0 Å². The van der Waals surface area contributed by atoms with Gasteiger partial charge in [0.25, 0.3) is 0 Å². The van der Waals surface area contributed by atoms with Crippen LogP contribution in [0.15, 0.2) is 59.0 Å². The van der Waals surface area contributed by atoms with Crippen molar-refractivity contribution in [2.24, 2.45) is 9.98 Å². The van der Waals surface area contributed by atoms with Crippen molar-refractivity contribution < 1.29 is 0 Å². The molecule has 0 bridgehead atoms. The second-order valence-electron chi connectivity index (χ2n) is 11.7. The quantitative estimate of drug-likeness (QED) is 0.104. The lowest BCUT2D eigenvalue weighted by Crippen LogP contribution is -2.06. The third-order valence-electron chi connectivity index (χ3n) is 7.94. The zero-order chi connectivity index (χ0) is 28.4. The van der Waals surface area contributed by atoms with Gasteiger partial charge in [-0.15, -0.1) is 12.4 Å². The third-order valence-corrected chi connectivity index (χ3v) is 7.94. The maximum Gasteiger partial charge on any atom is 0.0603 e. The van der Waals surface area contributed by atoms with Crippen LogP contribution in [0, 0.1) is 0 Å². The Bertz CT molecular complexity index is 858. The molecule has 0 aromatic carbocycles. The molecule has 0 atom stereocenters. The van der Waals surface area contributed by atoms with Gasteiger partial charge in [0.15, 0.2) is 0 Å². The molecular weight excluding hydrogens is 524 g/mol. The van der Waals surface area contributed by atoms with Gasteiger partial charge in [-0.05, 0) is 49.9 Å². The van der Waals surface area contributed by atoms with Gasteiger partial charge in [0.2, 0.25) is 0 Å². The van der Waals surface area contributed by atoms with Crippen molar-refractivity contribution >= 4 is 12.4 Å². The first-order valence-corrected chi connectivity index (χ1v) is 17.1. The summed E-state index contributed by atoms with van der Waals surface area (Å²) < 4.78 is 4.63. The molecule has 0 N–H and O–H groups in total. The molecule has 0 spiro atoms. The molecule has 234 valence electrons. The van der Waals surface area contributed by atoms with Gasteiger partial charge in [0.1, 0.15) is 0 Å². The zero-order valence-electron chi connectivity index (χ0n) is 26.8. The molecule has 2 aromatic rings. The predicted octanol–water partition coefficient (Wildman–Crippen LogP) is 10.1. The number of hydrogen-bond donors (Lipinski definition) is 0. The molecule has 0 aliphatic carbocycles. The lowest BCUT2D eigenvalue weighted by atomic mass is 10.1. The van der Waals surface area contributed by atoms with Gasteiger partial charge < -0.3 is 9.13 Å². The fourth-order valence-corrected chi connectivity index (χ4v) is 5.26. The van der Waals surface area contributed by atoms with Crippen molar-refractivity contribution in [3.63, 3.8) is 0 Å². The monoisotopic (exact) mass is 586 g/mol. The first-order valence-electron chi connectivity index (χ1n) is 17.1. The summed E-state index contributed by atoms with van der Waals surface area (Å²) in [5.74, 6) is 0. The number of aromatic nitrogens is 2. The van der Waals surface area contributed by atoms with E-state index in [0.717, 1.165) is 36.9 Å². The molecule has 0 saturated heterocycles. The molecule has 4 nitrogen and oxygen atoms in total. The molecule has 2 heterocycles. The Morgan fingerprint density at radius 2 is 0.707 bits per heavy atom. The Morgan fingerprint density at radius 3 is 1.05 bits per heavy atom. The number of unbranched alkanes of at least 4 members (excludes halogenated alkanes) is 17. The largest absolute Gasteiger partial charge is 0.354 e. The summed E-state index contributed by atoms with van der Waals surface area (Å²) in [5.41, 5.74) is 0. The minimum atomic E-state index is 0. The summed E-state index contributed by atoms with van der Waals surface area (Å²) in [4.78, 5) is 9.48. The van der Waals surface area contributed by atoms with Crippen molar-refractivity contribution in [1.82, 2.24) is 9.13 Å². The summed E-state index contributed by atoms with van der Waals surface area (Å²) in [6.07, 6.45) is 35.5. The van der Waals surface area contributed by atoms with E-state index in [4.69, 9.17) is 9.98 Å². The molecule has 0 saturated carbocycles. The van der Waals surface area contributed by atoms with Gasteiger partial charge in [-0.1, -0.05) is 117 Å². The average molecular weight is 587 g/mol. The first-order chi connectivity index (χ1) is 19.8. The van der Waals surface area contributed by atoms with E-state index >= 15 is 0 Å². The minimum absolute atomic E-state index is 0. The van der Waals surface area contributed by atoms with Gasteiger partial charge in [-0.25, -0.2) is 0 Å². The number of nitrogens with zero attached hydrogens (tertiary/aromatic N) is 4. The van der Waals surface area contributed by atoms with Crippen LogP contribution in [0.25, 0.3) is 0 Å². The van der Waals surface area contributed by atoms with Gasteiger partial charge in [0, 0.05) is 51.0 Å². The van der Waals surface area contributed by atoms with Gasteiger partial charge in [-0.2, -0.15) is 0 Å². The molecule has 0 amide bonds. The highest BCUT2D eigenvalue weighted by Crippen LogP contribution is 2.10. The van der Waals surface area contributed by atoms with Gasteiger partial charge >= 0.3 is 0 Å². The van der Waals surface area contributed by atoms with E-state index in [1.807, 2.05) is 0 Å². The van der Waals surface area contributed by atoms with E-state index in [0.29, 0.717) is 0 Å². The van der Waals surface area contributed by atoms with Crippen LogP contribution in [0.3, 0.4) is 0 Å². The van der Waals surface area contributed by atoms with E-state index in [2.05, 4.69) is 72.0 Å². The van der Waals surface area contributed by atoms with E-state index in [1.54, 1.807) is 0 Å². The molecule has 5 heteroatoms. The maximum absolute atomic E-state index is 4.74. The summed E-state index contributed by atoms with van der Waals surface area (Å²) in [6.45, 7) is 8.74. The number of rotatable bonds is 25. The second kappa shape index (κ2) is 27.0. The fourth-order valence-electron chi connectivity index (χ4n) is 5.26. The summed E-state index contributed by atoms with van der Waals surface area (Å²) in [6, 6.07) is 8.71. The first kappa shape index (κ1) is 37.2. The van der Waals surface area contributed by atoms with E-state index < -0.39 is 0 Å². The van der Waals surface area contributed by atoms with Crippen LogP contribution in [0.4, 0.5) is 0 Å². The summed E-state index contributed by atoms with van der Waals surface area (Å²) in [5, 5.41) is 2.27. The molecule has 2 aromatic heterocycles. The fraction of sp³-hybridized carbons (Fsp3) is 0.722. The highest BCUT2D eigenvalue weighted by molar-refractivity contribution is 5.85. The lowest BCUT2D eigenvalue weighted by molar-refractivity contribution is 0.524. The maximum atomic E-state index is 4.74. The minimum Gasteiger partial charge on any atom is -0.354 e. The van der Waals surface area contributed by atoms with E-state index in [1.165, 1.54) is 128 Å². The van der Waals surface area contributed by atoms with Crippen LogP contribution in [-0.4, -0.2) is 22.2 Å². The Labute approximate surface area is 259 Å². The molecule has 0 aliphatic rings. The van der Waals surface area contributed by atoms with Crippen molar-refractivity contribution in [2.45, 2.75) is 155 Å². The van der Waals surface area contributed by atoms with Crippen LogP contribution in [0.2, 0.25) is 0 Å². The number of halogens is 1. The van der Waals surface area contributed by atoms with Crippen molar-refractivity contribution in [2.75, 3.05) is 13.1 Å². The van der Waals surface area contributed by atoms with Gasteiger partial charge in [0.05, 0.1) is 10.7 Å². The zero-order valence-corrected chi connectivity index (χ0v) is 27.6. The Morgan fingerprint density at radius 1 is 0.415 bits per heavy atom. The van der Waals surface area contributed by atoms with Crippen LogP contribution in [0.5, 0.6) is 0 Å². The van der Waals surface area contributed by atoms with Crippen molar-refractivity contribution in [3.8, 4) is 0 Å². The Balaban J connectivity index is 0.00000840. The number of aryl methyl sites for hydroxylation is 2. The molecule has 0 radical (unpaired) electrons. The van der Waals surface area contributed by atoms with Crippen LogP contribution in [0.1, 0.15) is 142 Å².